The lowest BCUT2D eigenvalue weighted by atomic mass is 9.54. The third-order valence-electron chi connectivity index (χ3n) is 8.38. The van der Waals surface area contributed by atoms with E-state index in [-0.39, 0.29) is 22.4 Å². The standard InChI is InChI=1S/C20H26O4/c1-17-6-5-15-13(14(17)2-3-16(17)21)4-7-18-12-19(22-10-11-23-19)8-9-20(15,18)24-18/h5,13-14H,2-4,6-12H2,1H3/t13-,14-,17+,18-,20-/m1/s1. The van der Waals surface area contributed by atoms with E-state index in [1.165, 1.54) is 0 Å². The molecule has 5 atom stereocenters. The highest BCUT2D eigenvalue weighted by Gasteiger charge is 2.79. The Hall–Kier alpha value is -0.710. The van der Waals surface area contributed by atoms with Crippen molar-refractivity contribution in [2.24, 2.45) is 17.3 Å². The Labute approximate surface area is 142 Å². The first kappa shape index (κ1) is 14.5. The van der Waals surface area contributed by atoms with Crippen molar-refractivity contribution >= 4 is 5.78 Å². The van der Waals surface area contributed by atoms with E-state index < -0.39 is 0 Å². The first-order valence-electron chi connectivity index (χ1n) is 9.75. The van der Waals surface area contributed by atoms with E-state index in [9.17, 15) is 4.79 Å². The van der Waals surface area contributed by atoms with Gasteiger partial charge in [0.2, 0.25) is 0 Å². The van der Waals surface area contributed by atoms with Gasteiger partial charge in [0, 0.05) is 24.7 Å². The minimum Gasteiger partial charge on any atom is -0.358 e. The Balaban J connectivity index is 1.37. The number of rotatable bonds is 0. The Morgan fingerprint density at radius 2 is 1.96 bits per heavy atom. The molecule has 130 valence electrons. The third-order valence-corrected chi connectivity index (χ3v) is 8.38. The van der Waals surface area contributed by atoms with Crippen LogP contribution < -0.4 is 0 Å². The van der Waals surface area contributed by atoms with Crippen molar-refractivity contribution in [3.63, 3.8) is 0 Å². The van der Waals surface area contributed by atoms with E-state index in [1.807, 2.05) is 0 Å². The van der Waals surface area contributed by atoms with Gasteiger partial charge in [-0.2, -0.15) is 0 Å². The number of ketones is 1. The van der Waals surface area contributed by atoms with Crippen LogP contribution in [0.3, 0.4) is 0 Å². The summed E-state index contributed by atoms with van der Waals surface area (Å²) in [7, 11) is 0. The molecule has 0 aromatic heterocycles. The number of ether oxygens (including phenoxy) is 3. The van der Waals surface area contributed by atoms with Crippen LogP contribution >= 0.6 is 0 Å². The predicted octanol–water partition coefficient (Wildman–Crippen LogP) is 3.15. The second-order valence-corrected chi connectivity index (χ2v) is 9.20. The van der Waals surface area contributed by atoms with Gasteiger partial charge in [0.05, 0.1) is 13.2 Å². The van der Waals surface area contributed by atoms with E-state index >= 15 is 0 Å². The Kier molecular flexibility index (Phi) is 2.51. The molecule has 5 fully saturated rings. The summed E-state index contributed by atoms with van der Waals surface area (Å²) >= 11 is 0. The van der Waals surface area contributed by atoms with E-state index in [0.717, 1.165) is 64.6 Å². The van der Waals surface area contributed by atoms with Gasteiger partial charge in [-0.05, 0) is 49.5 Å². The van der Waals surface area contributed by atoms with Crippen LogP contribution in [0.25, 0.3) is 0 Å². The van der Waals surface area contributed by atoms with Gasteiger partial charge in [0.1, 0.15) is 17.0 Å². The maximum Gasteiger partial charge on any atom is 0.171 e. The normalized spacial score (nSPS) is 53.9. The fourth-order valence-corrected chi connectivity index (χ4v) is 7.11. The molecule has 6 aliphatic rings. The molecular weight excluding hydrogens is 304 g/mol. The third kappa shape index (κ3) is 1.47. The summed E-state index contributed by atoms with van der Waals surface area (Å²) in [5.74, 6) is 1.21. The lowest BCUT2D eigenvalue weighted by Gasteiger charge is -2.48. The van der Waals surface area contributed by atoms with Crippen LogP contribution in [0.15, 0.2) is 11.6 Å². The summed E-state index contributed by atoms with van der Waals surface area (Å²) in [5.41, 5.74) is 1.34. The average Bonchev–Trinajstić information content (AvgIpc) is 2.88. The van der Waals surface area contributed by atoms with Crippen LogP contribution in [0.1, 0.15) is 58.3 Å². The molecule has 2 saturated heterocycles. The molecule has 24 heavy (non-hydrogen) atoms. The summed E-state index contributed by atoms with van der Waals surface area (Å²) in [4.78, 5) is 12.5. The smallest absolute Gasteiger partial charge is 0.171 e. The van der Waals surface area contributed by atoms with Crippen LogP contribution in [0.5, 0.6) is 0 Å². The highest BCUT2D eigenvalue weighted by Crippen LogP contribution is 2.73. The summed E-state index contributed by atoms with van der Waals surface area (Å²) in [6, 6.07) is 0. The van der Waals surface area contributed by atoms with E-state index in [2.05, 4.69) is 13.0 Å². The Bertz CT molecular complexity index is 663. The second kappa shape index (κ2) is 4.16. The minimum atomic E-state index is -0.375. The fourth-order valence-electron chi connectivity index (χ4n) is 7.11. The van der Waals surface area contributed by atoms with Crippen molar-refractivity contribution in [2.45, 2.75) is 75.3 Å². The van der Waals surface area contributed by atoms with Crippen molar-refractivity contribution in [2.75, 3.05) is 13.2 Å². The molecule has 0 unspecified atom stereocenters. The molecule has 4 nitrogen and oxygen atoms in total. The number of Topliss-reactive ketones (excluding diaryl/α,β-unsaturated/α-hetero) is 1. The highest BCUT2D eigenvalue weighted by molar-refractivity contribution is 5.87. The van der Waals surface area contributed by atoms with Crippen molar-refractivity contribution in [3.8, 4) is 0 Å². The number of allylic oxidation sites excluding steroid dienone is 1. The van der Waals surface area contributed by atoms with Crippen molar-refractivity contribution in [1.29, 1.82) is 0 Å². The summed E-state index contributed by atoms with van der Waals surface area (Å²) < 4.78 is 18.5. The molecule has 0 amide bonds. The van der Waals surface area contributed by atoms with Crippen LogP contribution in [0.2, 0.25) is 0 Å². The maximum absolute atomic E-state index is 12.5. The van der Waals surface area contributed by atoms with Crippen LogP contribution in [-0.2, 0) is 19.0 Å². The van der Waals surface area contributed by atoms with Gasteiger partial charge in [0.25, 0.3) is 0 Å². The van der Waals surface area contributed by atoms with Crippen LogP contribution in [0, 0.1) is 17.3 Å². The molecule has 6 rings (SSSR count). The number of carbonyl (C=O) groups is 1. The van der Waals surface area contributed by atoms with Gasteiger partial charge in [-0.15, -0.1) is 0 Å². The lowest BCUT2D eigenvalue weighted by molar-refractivity contribution is -0.185. The van der Waals surface area contributed by atoms with Crippen LogP contribution in [-0.4, -0.2) is 36.0 Å². The van der Waals surface area contributed by atoms with Crippen LogP contribution in [0.4, 0.5) is 0 Å². The molecular formula is C20H26O4. The van der Waals surface area contributed by atoms with Gasteiger partial charge >= 0.3 is 0 Å². The quantitative estimate of drug-likeness (QED) is 0.506. The minimum absolute atomic E-state index is 0.0473. The maximum atomic E-state index is 12.5. The molecule has 2 heterocycles. The first-order chi connectivity index (χ1) is 11.5. The highest BCUT2D eigenvalue weighted by atomic mass is 16.7. The molecule has 0 N–H and O–H groups in total. The lowest BCUT2D eigenvalue weighted by Crippen LogP contribution is -2.51. The number of epoxide rings is 1. The van der Waals surface area contributed by atoms with Gasteiger partial charge < -0.3 is 14.2 Å². The molecule has 4 aliphatic carbocycles. The number of carbonyl (C=O) groups excluding carboxylic acids is 1. The first-order valence-corrected chi connectivity index (χ1v) is 9.75. The fraction of sp³-hybridized carbons (Fsp3) is 0.850. The topological polar surface area (TPSA) is 48.1 Å². The summed E-state index contributed by atoms with van der Waals surface area (Å²) in [5, 5.41) is 0. The molecule has 0 aromatic rings. The monoisotopic (exact) mass is 330 g/mol. The number of hydrogen-bond acceptors (Lipinski definition) is 4. The Morgan fingerprint density at radius 3 is 2.79 bits per heavy atom. The van der Waals surface area contributed by atoms with E-state index in [4.69, 9.17) is 14.2 Å². The zero-order valence-electron chi connectivity index (χ0n) is 14.4. The van der Waals surface area contributed by atoms with Crippen molar-refractivity contribution in [3.05, 3.63) is 11.6 Å². The number of hydrogen-bond donors (Lipinski definition) is 0. The van der Waals surface area contributed by atoms with Gasteiger partial charge in [-0.1, -0.05) is 13.0 Å². The summed E-state index contributed by atoms with van der Waals surface area (Å²) in [6.45, 7) is 3.65. The van der Waals surface area contributed by atoms with Gasteiger partial charge in [-0.25, -0.2) is 0 Å². The second-order valence-electron chi connectivity index (χ2n) is 9.20. The zero-order valence-corrected chi connectivity index (χ0v) is 14.4. The molecule has 3 saturated carbocycles. The van der Waals surface area contributed by atoms with Crippen molar-refractivity contribution in [1.82, 2.24) is 0 Å². The SMILES string of the molecule is C[C@]12CC=C3[C@H](CC[C@@]45CC6(CC[C@@]34O5)OCCO6)[C@H]1CCC2=O. The van der Waals surface area contributed by atoms with E-state index in [1.54, 1.807) is 5.57 Å². The molecule has 4 heteroatoms. The van der Waals surface area contributed by atoms with E-state index in [0.29, 0.717) is 17.6 Å². The van der Waals surface area contributed by atoms with Gasteiger partial charge in [-0.3, -0.25) is 4.79 Å². The number of fused-ring (bicyclic) bond motifs is 3. The molecule has 0 aromatic carbocycles. The Morgan fingerprint density at radius 1 is 1.12 bits per heavy atom. The zero-order chi connectivity index (χ0) is 16.2. The molecule has 2 aliphatic heterocycles. The molecule has 0 bridgehead atoms. The average molecular weight is 330 g/mol. The molecule has 0 radical (unpaired) electrons. The summed E-state index contributed by atoms with van der Waals surface area (Å²) in [6.07, 6.45) is 10.3. The predicted molar refractivity (Wildman–Crippen MR) is 86.3 cm³/mol. The van der Waals surface area contributed by atoms with Crippen molar-refractivity contribution < 1.29 is 19.0 Å². The largest absolute Gasteiger partial charge is 0.358 e. The molecule has 1 spiro atoms. The van der Waals surface area contributed by atoms with Gasteiger partial charge in [0.15, 0.2) is 5.79 Å².